The Bertz CT molecular complexity index is 762. The smallest absolute Gasteiger partial charge is 0.228 e. The fraction of sp³-hybridized carbons (Fsp3) is 0.353. The van der Waals surface area contributed by atoms with E-state index in [-0.39, 0.29) is 24.3 Å². The lowest BCUT2D eigenvalue weighted by atomic mass is 10.1. The van der Waals surface area contributed by atoms with E-state index in [1.807, 2.05) is 36.6 Å². The molecule has 1 aromatic carbocycles. The van der Waals surface area contributed by atoms with Crippen LogP contribution in [0.3, 0.4) is 0 Å². The number of anilines is 1. The highest BCUT2D eigenvalue weighted by Gasteiger charge is 2.24. The van der Waals surface area contributed by atoms with Crippen molar-refractivity contribution >= 4 is 44.2 Å². The summed E-state index contributed by atoms with van der Waals surface area (Å²) in [7, 11) is 0. The molecule has 3 rings (SSSR count). The summed E-state index contributed by atoms with van der Waals surface area (Å²) in [5.41, 5.74) is 1.74. The van der Waals surface area contributed by atoms with Gasteiger partial charge in [0.2, 0.25) is 11.8 Å². The van der Waals surface area contributed by atoms with Crippen LogP contribution in [0.25, 0.3) is 0 Å². The Kier molecular flexibility index (Phi) is 5.30. The number of benzene rings is 1. The van der Waals surface area contributed by atoms with E-state index in [9.17, 15) is 9.59 Å². The van der Waals surface area contributed by atoms with Crippen molar-refractivity contribution in [3.8, 4) is 0 Å². The van der Waals surface area contributed by atoms with Gasteiger partial charge < -0.3 is 5.32 Å². The molecule has 1 aromatic heterocycles. The highest BCUT2D eigenvalue weighted by Crippen LogP contribution is 2.26. The Hall–Kier alpha value is -1.73. The maximum atomic E-state index is 12.3. The molecule has 0 spiro atoms. The van der Waals surface area contributed by atoms with Crippen LogP contribution in [0.5, 0.6) is 0 Å². The summed E-state index contributed by atoms with van der Waals surface area (Å²) in [4.78, 5) is 30.1. The minimum absolute atomic E-state index is 0.0807. The van der Waals surface area contributed by atoms with Gasteiger partial charge in [-0.05, 0) is 25.0 Å². The molecule has 1 aliphatic heterocycles. The normalized spacial score (nSPS) is 15.6. The summed E-state index contributed by atoms with van der Waals surface area (Å²) < 4.78 is 0.973. The topological polar surface area (TPSA) is 62.3 Å². The standard InChI is InChI=1S/C17H18BrN3O2S/c1-11(13-5-2-3-6-14(13)18)19-15(22)9-12-10-24-17(20-12)21-8-4-7-16(21)23/h2-3,5-6,10-11H,4,7-9H2,1H3,(H,19,22). The van der Waals surface area contributed by atoms with Crippen LogP contribution >= 0.6 is 27.3 Å². The second kappa shape index (κ2) is 7.44. The van der Waals surface area contributed by atoms with Crippen molar-refractivity contribution in [1.82, 2.24) is 10.3 Å². The number of rotatable bonds is 5. The molecule has 1 N–H and O–H groups in total. The molecule has 0 bridgehead atoms. The summed E-state index contributed by atoms with van der Waals surface area (Å²) in [6.07, 6.45) is 1.67. The summed E-state index contributed by atoms with van der Waals surface area (Å²) >= 11 is 4.92. The third-order valence-corrected chi connectivity index (χ3v) is 5.57. The Morgan fingerprint density at radius 3 is 2.96 bits per heavy atom. The van der Waals surface area contributed by atoms with Crippen molar-refractivity contribution < 1.29 is 9.59 Å². The van der Waals surface area contributed by atoms with Crippen LogP contribution in [0, 0.1) is 0 Å². The highest BCUT2D eigenvalue weighted by atomic mass is 79.9. The second-order valence-corrected chi connectivity index (χ2v) is 7.45. The lowest BCUT2D eigenvalue weighted by molar-refractivity contribution is -0.121. The number of carbonyl (C=O) groups is 2. The van der Waals surface area contributed by atoms with Gasteiger partial charge in [-0.25, -0.2) is 4.98 Å². The van der Waals surface area contributed by atoms with Gasteiger partial charge in [-0.15, -0.1) is 11.3 Å². The van der Waals surface area contributed by atoms with Gasteiger partial charge in [0.1, 0.15) is 0 Å². The number of thiazole rings is 1. The molecule has 7 heteroatoms. The number of carbonyl (C=O) groups excluding carboxylic acids is 2. The van der Waals surface area contributed by atoms with Gasteiger partial charge in [-0.1, -0.05) is 34.1 Å². The van der Waals surface area contributed by atoms with Gasteiger partial charge in [-0.2, -0.15) is 0 Å². The average molecular weight is 408 g/mol. The van der Waals surface area contributed by atoms with E-state index < -0.39 is 0 Å². The SMILES string of the molecule is CC(NC(=O)Cc1csc(N2CCCC2=O)n1)c1ccccc1Br. The lowest BCUT2D eigenvalue weighted by Crippen LogP contribution is -2.28. The van der Waals surface area contributed by atoms with Crippen molar-refractivity contribution in [3.63, 3.8) is 0 Å². The first-order valence-corrected chi connectivity index (χ1v) is 9.50. The Morgan fingerprint density at radius 2 is 2.25 bits per heavy atom. The van der Waals surface area contributed by atoms with Crippen LogP contribution in [0.1, 0.15) is 37.1 Å². The summed E-state index contributed by atoms with van der Waals surface area (Å²) in [5.74, 6) is 0.0331. The van der Waals surface area contributed by atoms with E-state index in [0.717, 1.165) is 23.0 Å². The first-order valence-electron chi connectivity index (χ1n) is 7.83. The molecule has 1 saturated heterocycles. The van der Waals surface area contributed by atoms with Gasteiger partial charge in [0.15, 0.2) is 5.13 Å². The van der Waals surface area contributed by atoms with E-state index in [1.165, 1.54) is 11.3 Å². The van der Waals surface area contributed by atoms with Crippen molar-refractivity contribution in [3.05, 3.63) is 45.4 Å². The van der Waals surface area contributed by atoms with E-state index in [0.29, 0.717) is 17.2 Å². The first kappa shape index (κ1) is 17.1. The molecule has 24 heavy (non-hydrogen) atoms. The van der Waals surface area contributed by atoms with E-state index >= 15 is 0 Å². The van der Waals surface area contributed by atoms with Crippen LogP contribution in [-0.2, 0) is 16.0 Å². The predicted molar refractivity (Wildman–Crippen MR) is 98.1 cm³/mol. The predicted octanol–water partition coefficient (Wildman–Crippen LogP) is 3.45. The molecule has 0 aliphatic carbocycles. The second-order valence-electron chi connectivity index (χ2n) is 5.76. The third kappa shape index (κ3) is 3.84. The molecule has 126 valence electrons. The molecule has 0 radical (unpaired) electrons. The number of aromatic nitrogens is 1. The molecule has 0 saturated carbocycles. The monoisotopic (exact) mass is 407 g/mol. The molecule has 2 heterocycles. The average Bonchev–Trinajstić information content (AvgIpc) is 3.16. The quantitative estimate of drug-likeness (QED) is 0.825. The van der Waals surface area contributed by atoms with Crippen molar-refractivity contribution in [1.29, 1.82) is 0 Å². The van der Waals surface area contributed by atoms with Crippen molar-refractivity contribution in [2.75, 3.05) is 11.4 Å². The van der Waals surface area contributed by atoms with Crippen LogP contribution in [-0.4, -0.2) is 23.3 Å². The molecule has 2 aromatic rings. The molecule has 1 unspecified atom stereocenters. The zero-order chi connectivity index (χ0) is 17.1. The Labute approximate surface area is 153 Å². The number of hydrogen-bond donors (Lipinski definition) is 1. The molecule has 1 fully saturated rings. The number of amides is 2. The zero-order valence-corrected chi connectivity index (χ0v) is 15.7. The highest BCUT2D eigenvalue weighted by molar-refractivity contribution is 9.10. The molecule has 2 amide bonds. The number of nitrogens with zero attached hydrogens (tertiary/aromatic N) is 2. The van der Waals surface area contributed by atoms with Crippen LogP contribution in [0.15, 0.2) is 34.1 Å². The van der Waals surface area contributed by atoms with Crippen LogP contribution in [0.4, 0.5) is 5.13 Å². The number of hydrogen-bond acceptors (Lipinski definition) is 4. The van der Waals surface area contributed by atoms with E-state index in [1.54, 1.807) is 4.90 Å². The largest absolute Gasteiger partial charge is 0.349 e. The van der Waals surface area contributed by atoms with Gasteiger partial charge >= 0.3 is 0 Å². The van der Waals surface area contributed by atoms with E-state index in [4.69, 9.17) is 0 Å². The van der Waals surface area contributed by atoms with Gasteiger partial charge in [-0.3, -0.25) is 14.5 Å². The Morgan fingerprint density at radius 1 is 1.46 bits per heavy atom. The first-order chi connectivity index (χ1) is 11.5. The minimum atomic E-state index is -0.0914. The maximum absolute atomic E-state index is 12.3. The molecular weight excluding hydrogens is 390 g/mol. The van der Waals surface area contributed by atoms with Crippen LogP contribution in [0.2, 0.25) is 0 Å². The molecule has 1 atom stereocenters. The lowest BCUT2D eigenvalue weighted by Gasteiger charge is -2.15. The number of nitrogens with one attached hydrogen (secondary N) is 1. The molecule has 5 nitrogen and oxygen atoms in total. The maximum Gasteiger partial charge on any atom is 0.228 e. The van der Waals surface area contributed by atoms with Gasteiger partial charge in [0, 0.05) is 22.8 Å². The summed E-state index contributed by atoms with van der Waals surface area (Å²) in [6, 6.07) is 7.74. The Balaban J connectivity index is 1.60. The van der Waals surface area contributed by atoms with E-state index in [2.05, 4.69) is 26.2 Å². The van der Waals surface area contributed by atoms with Crippen molar-refractivity contribution in [2.24, 2.45) is 0 Å². The minimum Gasteiger partial charge on any atom is -0.349 e. The fourth-order valence-electron chi connectivity index (χ4n) is 2.71. The van der Waals surface area contributed by atoms with Gasteiger partial charge in [0.05, 0.1) is 18.2 Å². The fourth-order valence-corrected chi connectivity index (χ4v) is 4.21. The summed E-state index contributed by atoms with van der Waals surface area (Å²) in [6.45, 7) is 2.67. The van der Waals surface area contributed by atoms with Gasteiger partial charge in [0.25, 0.3) is 0 Å². The molecule has 1 aliphatic rings. The van der Waals surface area contributed by atoms with Crippen LogP contribution < -0.4 is 10.2 Å². The number of halogens is 1. The summed E-state index contributed by atoms with van der Waals surface area (Å²) in [5, 5.41) is 5.53. The van der Waals surface area contributed by atoms with Crippen molar-refractivity contribution in [2.45, 2.75) is 32.2 Å². The molecular formula is C17H18BrN3O2S. The zero-order valence-electron chi connectivity index (χ0n) is 13.3. The third-order valence-electron chi connectivity index (χ3n) is 3.93.